The van der Waals surface area contributed by atoms with E-state index in [0.29, 0.717) is 0 Å². The van der Waals surface area contributed by atoms with Crippen molar-refractivity contribution >= 4 is 10.1 Å². The Hall–Kier alpha value is -0.510. The van der Waals surface area contributed by atoms with Gasteiger partial charge in [-0.1, -0.05) is 0 Å². The summed E-state index contributed by atoms with van der Waals surface area (Å²) in [6, 6.07) is 0. The maximum Gasteiger partial charge on any atom is 0.449 e. The Kier molecular flexibility index (Phi) is 1.71. The lowest BCUT2D eigenvalue weighted by atomic mass is 10.3. The van der Waals surface area contributed by atoms with Crippen LogP contribution in [0.4, 0.5) is 26.3 Å². The van der Waals surface area contributed by atoms with Crippen molar-refractivity contribution in [3.8, 4) is 0 Å². The second-order valence-electron chi connectivity index (χ2n) is 2.15. The summed E-state index contributed by atoms with van der Waals surface area (Å²) in [6.07, 6.45) is -11.6. The van der Waals surface area contributed by atoms with Gasteiger partial charge in [0, 0.05) is 0 Å². The lowest BCUT2D eigenvalue weighted by Crippen LogP contribution is -2.71. The van der Waals surface area contributed by atoms with E-state index in [2.05, 4.69) is 4.18 Å². The zero-order chi connectivity index (χ0) is 10.7. The normalized spacial score (nSPS) is 36.8. The summed E-state index contributed by atoms with van der Waals surface area (Å²) in [6.45, 7) is 0. The van der Waals surface area contributed by atoms with Gasteiger partial charge in [0.2, 0.25) is 0 Å². The van der Waals surface area contributed by atoms with Crippen LogP contribution in [-0.4, -0.2) is 25.7 Å². The first-order valence-electron chi connectivity index (χ1n) is 2.54. The molecule has 0 amide bonds. The molecule has 1 fully saturated rings. The predicted octanol–water partition coefficient (Wildman–Crippen LogP) is 1.17. The zero-order valence-electron chi connectivity index (χ0n) is 5.40. The number of halogens is 6. The maximum atomic E-state index is 12.4. The van der Waals surface area contributed by atoms with E-state index in [0.717, 1.165) is 0 Å². The van der Waals surface area contributed by atoms with Crippen molar-refractivity contribution < 1.29 is 38.9 Å². The van der Waals surface area contributed by atoms with Crippen LogP contribution in [0.5, 0.6) is 0 Å². The Morgan fingerprint density at radius 2 is 1.46 bits per heavy atom. The van der Waals surface area contributed by atoms with Crippen LogP contribution in [0.1, 0.15) is 0 Å². The van der Waals surface area contributed by atoms with Gasteiger partial charge in [-0.15, -0.1) is 0 Å². The molecule has 1 aliphatic heterocycles. The molecular formula is C3F6O3S. The fraction of sp³-hybridized carbons (Fsp3) is 1.00. The third kappa shape index (κ3) is 0.980. The van der Waals surface area contributed by atoms with Crippen molar-refractivity contribution in [1.29, 1.82) is 0 Å². The molecule has 0 aromatic rings. The van der Waals surface area contributed by atoms with Gasteiger partial charge in [-0.2, -0.15) is 34.6 Å². The van der Waals surface area contributed by atoms with Crippen molar-refractivity contribution in [2.45, 2.75) is 17.3 Å². The van der Waals surface area contributed by atoms with E-state index in [1.54, 1.807) is 0 Å². The largest absolute Gasteiger partial charge is 0.449 e. The van der Waals surface area contributed by atoms with Crippen molar-refractivity contribution in [3.63, 3.8) is 0 Å². The monoisotopic (exact) mass is 230 g/mol. The first kappa shape index (κ1) is 10.6. The second kappa shape index (κ2) is 2.11. The Morgan fingerprint density at radius 3 is 1.54 bits per heavy atom. The molecule has 1 atom stereocenters. The van der Waals surface area contributed by atoms with E-state index in [1.165, 1.54) is 0 Å². The Labute approximate surface area is 67.4 Å². The van der Waals surface area contributed by atoms with Gasteiger partial charge in [0.05, 0.1) is 0 Å². The Bertz CT molecular complexity index is 317. The third-order valence-corrected chi connectivity index (χ3v) is 2.88. The highest BCUT2D eigenvalue weighted by Gasteiger charge is 2.90. The average Bonchev–Trinajstić information content (AvgIpc) is 1.80. The van der Waals surface area contributed by atoms with Crippen LogP contribution in [0.3, 0.4) is 0 Å². The average molecular weight is 230 g/mol. The molecule has 3 nitrogen and oxygen atoms in total. The minimum Gasteiger partial charge on any atom is -0.203 e. The molecule has 0 N–H and O–H groups in total. The van der Waals surface area contributed by atoms with Crippen LogP contribution in [0.2, 0.25) is 0 Å². The molecule has 1 heterocycles. The van der Waals surface area contributed by atoms with Gasteiger partial charge in [0.1, 0.15) is 0 Å². The lowest BCUT2D eigenvalue weighted by Gasteiger charge is -2.40. The highest BCUT2D eigenvalue weighted by Crippen LogP contribution is 2.58. The van der Waals surface area contributed by atoms with Crippen LogP contribution >= 0.6 is 0 Å². The van der Waals surface area contributed by atoms with Crippen LogP contribution in [0, 0.1) is 0 Å². The highest BCUT2D eigenvalue weighted by atomic mass is 32.2. The predicted molar refractivity (Wildman–Crippen MR) is 24.8 cm³/mol. The summed E-state index contributed by atoms with van der Waals surface area (Å²) in [5.41, 5.74) is 0. The molecule has 78 valence electrons. The van der Waals surface area contributed by atoms with Crippen molar-refractivity contribution in [1.82, 2.24) is 0 Å². The fourth-order valence-electron chi connectivity index (χ4n) is 0.667. The fourth-order valence-corrected chi connectivity index (χ4v) is 1.67. The SMILES string of the molecule is O=S1(=O)OC(F)(F)C1(F)C(F)(F)F. The summed E-state index contributed by atoms with van der Waals surface area (Å²) < 4.78 is 93.3. The molecule has 1 rings (SSSR count). The van der Waals surface area contributed by atoms with Gasteiger partial charge < -0.3 is 0 Å². The highest BCUT2D eigenvalue weighted by molar-refractivity contribution is 7.89. The molecule has 0 spiro atoms. The van der Waals surface area contributed by atoms with E-state index in [-0.39, 0.29) is 0 Å². The van der Waals surface area contributed by atoms with Crippen molar-refractivity contribution in [2.24, 2.45) is 0 Å². The minimum atomic E-state index is -6.23. The molecule has 1 unspecified atom stereocenters. The Morgan fingerprint density at radius 1 is 1.08 bits per heavy atom. The van der Waals surface area contributed by atoms with E-state index in [9.17, 15) is 34.8 Å². The minimum absolute atomic E-state index is 2.50. The van der Waals surface area contributed by atoms with E-state index in [1.807, 2.05) is 0 Å². The maximum absolute atomic E-state index is 12.4. The molecule has 10 heteroatoms. The first-order chi connectivity index (χ1) is 5.46. The topological polar surface area (TPSA) is 43.4 Å². The summed E-state index contributed by atoms with van der Waals surface area (Å²) >= 11 is 0. The molecular weight excluding hydrogens is 230 g/mol. The molecule has 0 aromatic heterocycles. The zero-order valence-corrected chi connectivity index (χ0v) is 6.22. The van der Waals surface area contributed by atoms with Crippen LogP contribution in [0.15, 0.2) is 0 Å². The van der Waals surface area contributed by atoms with Gasteiger partial charge in [0.15, 0.2) is 0 Å². The molecule has 0 bridgehead atoms. The third-order valence-electron chi connectivity index (χ3n) is 1.30. The van der Waals surface area contributed by atoms with Crippen LogP contribution in [0.25, 0.3) is 0 Å². The van der Waals surface area contributed by atoms with E-state index < -0.39 is 27.4 Å². The summed E-state index contributed by atoms with van der Waals surface area (Å²) in [5.74, 6) is 0. The molecule has 1 aliphatic rings. The lowest BCUT2D eigenvalue weighted by molar-refractivity contribution is -0.357. The van der Waals surface area contributed by atoms with Gasteiger partial charge in [-0.25, -0.2) is 4.39 Å². The van der Waals surface area contributed by atoms with Crippen molar-refractivity contribution in [2.75, 3.05) is 0 Å². The van der Waals surface area contributed by atoms with Gasteiger partial charge >= 0.3 is 27.4 Å². The van der Waals surface area contributed by atoms with Gasteiger partial charge in [0.25, 0.3) is 0 Å². The molecule has 0 radical (unpaired) electrons. The molecule has 0 saturated carbocycles. The molecule has 13 heavy (non-hydrogen) atoms. The Balaban J connectivity index is 3.29. The number of hydrogen-bond donors (Lipinski definition) is 0. The summed E-state index contributed by atoms with van der Waals surface area (Å²) in [4.78, 5) is 0. The number of hydrogen-bond acceptors (Lipinski definition) is 3. The van der Waals surface area contributed by atoms with Gasteiger partial charge in [-0.05, 0) is 0 Å². The van der Waals surface area contributed by atoms with E-state index >= 15 is 0 Å². The summed E-state index contributed by atoms with van der Waals surface area (Å²) in [5, 5.41) is -5.63. The van der Waals surface area contributed by atoms with Crippen LogP contribution < -0.4 is 0 Å². The molecule has 0 aromatic carbocycles. The molecule has 1 saturated heterocycles. The second-order valence-corrected chi connectivity index (χ2v) is 3.78. The van der Waals surface area contributed by atoms with Gasteiger partial charge in [-0.3, -0.25) is 0 Å². The quantitative estimate of drug-likeness (QED) is 0.463. The van der Waals surface area contributed by atoms with E-state index in [4.69, 9.17) is 0 Å². The summed E-state index contributed by atoms with van der Waals surface area (Å²) in [7, 11) is -5.93. The molecule has 0 aliphatic carbocycles. The van der Waals surface area contributed by atoms with Crippen molar-refractivity contribution in [3.05, 3.63) is 0 Å². The van der Waals surface area contributed by atoms with Crippen LogP contribution in [-0.2, 0) is 14.3 Å². The number of rotatable bonds is 0. The first-order valence-corrected chi connectivity index (χ1v) is 3.95. The number of alkyl halides is 6. The smallest absolute Gasteiger partial charge is 0.203 e. The standard InChI is InChI=1S/C3F6O3S/c4-1(2(5,6)7)3(8,9)12-13(1,10)11.